The summed E-state index contributed by atoms with van der Waals surface area (Å²) < 4.78 is 0. The van der Waals surface area contributed by atoms with E-state index in [0.717, 1.165) is 33.5 Å². The summed E-state index contributed by atoms with van der Waals surface area (Å²) in [4.78, 5) is 16.2. The Morgan fingerprint density at radius 1 is 0.846 bits per heavy atom. The van der Waals surface area contributed by atoms with E-state index in [0.29, 0.717) is 0 Å². The van der Waals surface area contributed by atoms with Gasteiger partial charge in [-0.1, -0.05) is 47.6 Å². The summed E-state index contributed by atoms with van der Waals surface area (Å²) in [5, 5.41) is 0. The van der Waals surface area contributed by atoms with Gasteiger partial charge in [-0.3, -0.25) is 0 Å². The second-order valence-electron chi connectivity index (χ2n) is 9.10. The Balaban J connectivity index is 1.95. The molecule has 4 aromatic rings. The number of H-pyrrole nitrogens is 2. The number of aromatic nitrogens is 4. The Bertz CT molecular complexity index is 1100. The predicted molar refractivity (Wildman–Crippen MR) is 109 cm³/mol. The number of aromatic amines is 2. The highest BCUT2D eigenvalue weighted by Crippen LogP contribution is 2.37. The lowest BCUT2D eigenvalue weighted by Crippen LogP contribution is -2.14. The van der Waals surface area contributed by atoms with Gasteiger partial charge in [-0.15, -0.1) is 0 Å². The second kappa shape index (κ2) is 5.44. The fraction of sp³-hybridized carbons (Fsp3) is 0.364. The number of hydrogen-bond donors (Lipinski definition) is 2. The molecule has 0 unspecified atom stereocenters. The third-order valence-corrected chi connectivity index (χ3v) is 4.94. The minimum atomic E-state index is -0.0421. The molecule has 0 saturated carbocycles. The number of benzene rings is 2. The lowest BCUT2D eigenvalue weighted by atomic mass is 9.82. The van der Waals surface area contributed by atoms with Gasteiger partial charge in [0.2, 0.25) is 0 Å². The zero-order chi connectivity index (χ0) is 18.7. The standard InChI is InChI=1S/C22H26N4/c1-21(2,3)13-7-9-15-17(11-13)26-20(25-15)14-8-10-16-19(24-12-23-16)18(14)22(4,5)6/h7-12H,1-6H3,(H,23,24)(H,25,26). The van der Waals surface area contributed by atoms with Crippen LogP contribution in [0.5, 0.6) is 0 Å². The summed E-state index contributed by atoms with van der Waals surface area (Å²) in [6, 6.07) is 10.7. The van der Waals surface area contributed by atoms with Crippen molar-refractivity contribution < 1.29 is 0 Å². The van der Waals surface area contributed by atoms with Crippen LogP contribution in [-0.2, 0) is 10.8 Å². The van der Waals surface area contributed by atoms with Crippen LogP contribution in [0.2, 0.25) is 0 Å². The Morgan fingerprint density at radius 3 is 2.31 bits per heavy atom. The van der Waals surface area contributed by atoms with Gasteiger partial charge in [0.15, 0.2) is 0 Å². The maximum Gasteiger partial charge on any atom is 0.138 e. The van der Waals surface area contributed by atoms with Gasteiger partial charge in [0.1, 0.15) is 5.82 Å². The Kier molecular flexibility index (Phi) is 3.52. The van der Waals surface area contributed by atoms with E-state index in [-0.39, 0.29) is 10.8 Å². The van der Waals surface area contributed by atoms with Crippen LogP contribution < -0.4 is 0 Å². The monoisotopic (exact) mass is 346 g/mol. The van der Waals surface area contributed by atoms with Gasteiger partial charge < -0.3 is 9.97 Å². The van der Waals surface area contributed by atoms with Gasteiger partial charge in [0.25, 0.3) is 0 Å². The average molecular weight is 346 g/mol. The highest BCUT2D eigenvalue weighted by atomic mass is 14.9. The maximum absolute atomic E-state index is 4.88. The van der Waals surface area contributed by atoms with Gasteiger partial charge in [-0.25, -0.2) is 9.97 Å². The van der Waals surface area contributed by atoms with Gasteiger partial charge in [0, 0.05) is 5.56 Å². The molecule has 134 valence electrons. The molecule has 0 aliphatic rings. The molecular weight excluding hydrogens is 320 g/mol. The molecule has 2 aromatic carbocycles. The molecule has 0 atom stereocenters. The molecular formula is C22H26N4. The third-order valence-electron chi connectivity index (χ3n) is 4.94. The summed E-state index contributed by atoms with van der Waals surface area (Å²) in [5.74, 6) is 0.904. The Morgan fingerprint density at radius 2 is 1.62 bits per heavy atom. The summed E-state index contributed by atoms with van der Waals surface area (Å²) >= 11 is 0. The molecule has 2 aromatic heterocycles. The van der Waals surface area contributed by atoms with Crippen LogP contribution in [0, 0.1) is 0 Å². The van der Waals surface area contributed by atoms with Crippen molar-refractivity contribution in [1.29, 1.82) is 0 Å². The second-order valence-corrected chi connectivity index (χ2v) is 9.10. The van der Waals surface area contributed by atoms with Crippen molar-refractivity contribution in [2.24, 2.45) is 0 Å². The van der Waals surface area contributed by atoms with Crippen LogP contribution in [-0.4, -0.2) is 19.9 Å². The van der Waals surface area contributed by atoms with Crippen molar-refractivity contribution in [3.63, 3.8) is 0 Å². The number of fused-ring (bicyclic) bond motifs is 2. The molecule has 2 N–H and O–H groups in total. The first-order chi connectivity index (χ1) is 12.1. The van der Waals surface area contributed by atoms with Crippen LogP contribution in [0.1, 0.15) is 52.7 Å². The fourth-order valence-corrected chi connectivity index (χ4v) is 3.57. The minimum absolute atomic E-state index is 0.0421. The van der Waals surface area contributed by atoms with E-state index in [2.05, 4.69) is 86.8 Å². The first-order valence-electron chi connectivity index (χ1n) is 9.12. The van der Waals surface area contributed by atoms with Crippen LogP contribution >= 0.6 is 0 Å². The smallest absolute Gasteiger partial charge is 0.138 e. The molecule has 4 heteroatoms. The Hall–Kier alpha value is -2.62. The molecule has 0 spiro atoms. The highest BCUT2D eigenvalue weighted by molar-refractivity contribution is 5.89. The lowest BCUT2D eigenvalue weighted by molar-refractivity contribution is 0.591. The molecule has 26 heavy (non-hydrogen) atoms. The first kappa shape index (κ1) is 16.8. The van der Waals surface area contributed by atoms with E-state index in [1.165, 1.54) is 11.1 Å². The summed E-state index contributed by atoms with van der Waals surface area (Å²) in [6.45, 7) is 13.4. The van der Waals surface area contributed by atoms with Crippen molar-refractivity contribution in [2.45, 2.75) is 52.4 Å². The van der Waals surface area contributed by atoms with E-state index in [9.17, 15) is 0 Å². The Labute approximate surface area is 154 Å². The van der Waals surface area contributed by atoms with Crippen molar-refractivity contribution in [1.82, 2.24) is 19.9 Å². The molecule has 2 heterocycles. The molecule has 0 aliphatic heterocycles. The number of rotatable bonds is 1. The zero-order valence-corrected chi connectivity index (χ0v) is 16.4. The zero-order valence-electron chi connectivity index (χ0n) is 16.4. The lowest BCUT2D eigenvalue weighted by Gasteiger charge is -2.22. The fourth-order valence-electron chi connectivity index (χ4n) is 3.57. The SMILES string of the molecule is CC(C)(C)c1ccc2nc(-c3ccc4[nH]cnc4c3C(C)(C)C)[nH]c2c1. The molecule has 0 saturated heterocycles. The van der Waals surface area contributed by atoms with Gasteiger partial charge >= 0.3 is 0 Å². The van der Waals surface area contributed by atoms with E-state index >= 15 is 0 Å². The van der Waals surface area contributed by atoms with E-state index in [4.69, 9.17) is 4.98 Å². The highest BCUT2D eigenvalue weighted by Gasteiger charge is 2.25. The van der Waals surface area contributed by atoms with Crippen LogP contribution in [0.15, 0.2) is 36.7 Å². The normalized spacial score (nSPS) is 13.0. The molecule has 0 aliphatic carbocycles. The van der Waals surface area contributed by atoms with Crippen molar-refractivity contribution in [3.8, 4) is 11.4 Å². The summed E-state index contributed by atoms with van der Waals surface area (Å²) in [6.07, 6.45) is 1.76. The van der Waals surface area contributed by atoms with Crippen molar-refractivity contribution in [3.05, 3.63) is 47.8 Å². The molecule has 0 amide bonds. The van der Waals surface area contributed by atoms with Crippen LogP contribution in [0.3, 0.4) is 0 Å². The topological polar surface area (TPSA) is 57.4 Å². The number of nitrogens with zero attached hydrogens (tertiary/aromatic N) is 2. The first-order valence-corrected chi connectivity index (χ1v) is 9.12. The third kappa shape index (κ3) is 2.70. The minimum Gasteiger partial charge on any atom is -0.345 e. The van der Waals surface area contributed by atoms with Crippen molar-refractivity contribution >= 4 is 22.1 Å². The number of nitrogens with one attached hydrogen (secondary N) is 2. The van der Waals surface area contributed by atoms with Crippen molar-refractivity contribution in [2.75, 3.05) is 0 Å². The molecule has 4 nitrogen and oxygen atoms in total. The predicted octanol–water partition coefficient (Wildman–Crippen LogP) is 5.70. The number of imidazole rings is 2. The molecule has 4 rings (SSSR count). The van der Waals surface area contributed by atoms with Gasteiger partial charge in [0.05, 0.1) is 28.4 Å². The molecule has 0 radical (unpaired) electrons. The average Bonchev–Trinajstić information content (AvgIpc) is 3.17. The van der Waals surface area contributed by atoms with E-state index in [1.807, 2.05) is 0 Å². The number of hydrogen-bond acceptors (Lipinski definition) is 2. The van der Waals surface area contributed by atoms with E-state index < -0.39 is 0 Å². The van der Waals surface area contributed by atoms with Gasteiger partial charge in [-0.2, -0.15) is 0 Å². The molecule has 0 fully saturated rings. The quantitative estimate of drug-likeness (QED) is 0.464. The summed E-state index contributed by atoms with van der Waals surface area (Å²) in [7, 11) is 0. The maximum atomic E-state index is 4.88. The van der Waals surface area contributed by atoms with Crippen LogP contribution in [0.25, 0.3) is 33.5 Å². The van der Waals surface area contributed by atoms with Gasteiger partial charge in [-0.05, 0) is 46.2 Å². The molecule has 0 bridgehead atoms. The summed E-state index contributed by atoms with van der Waals surface area (Å²) in [5.41, 5.74) is 7.86. The van der Waals surface area contributed by atoms with Crippen LogP contribution in [0.4, 0.5) is 0 Å². The van der Waals surface area contributed by atoms with E-state index in [1.54, 1.807) is 6.33 Å². The largest absolute Gasteiger partial charge is 0.345 e.